The van der Waals surface area contributed by atoms with Gasteiger partial charge in [-0.2, -0.15) is 5.10 Å². The van der Waals surface area contributed by atoms with Crippen LogP contribution in [0, 0.1) is 6.92 Å². The lowest BCUT2D eigenvalue weighted by Gasteiger charge is -2.28. The van der Waals surface area contributed by atoms with Crippen LogP contribution in [-0.2, 0) is 14.0 Å². The van der Waals surface area contributed by atoms with Crippen LogP contribution in [0.4, 0.5) is 16.3 Å². The van der Waals surface area contributed by atoms with Gasteiger partial charge in [0.15, 0.2) is 12.0 Å². The van der Waals surface area contributed by atoms with Crippen molar-refractivity contribution >= 4 is 41.4 Å². The molecule has 1 saturated carbocycles. The summed E-state index contributed by atoms with van der Waals surface area (Å²) < 4.78 is 27.4. The number of nitrogens with zero attached hydrogens (tertiary/aromatic N) is 3. The minimum absolute atomic E-state index is 0.00946. The van der Waals surface area contributed by atoms with E-state index in [1.165, 1.54) is 0 Å². The predicted molar refractivity (Wildman–Crippen MR) is 173 cm³/mol. The molecule has 2 N–H and O–H groups in total. The minimum Gasteiger partial charge on any atom is -0.447 e. The van der Waals surface area contributed by atoms with Crippen molar-refractivity contribution in [1.82, 2.24) is 20.1 Å². The lowest BCUT2D eigenvalue weighted by atomic mass is 9.86. The van der Waals surface area contributed by atoms with Crippen LogP contribution >= 0.6 is 18.5 Å². The Morgan fingerprint density at radius 1 is 1.09 bits per heavy atom. The highest BCUT2D eigenvalue weighted by molar-refractivity contribution is 7.72. The van der Waals surface area contributed by atoms with Gasteiger partial charge in [0.25, 0.3) is 0 Å². The summed E-state index contributed by atoms with van der Waals surface area (Å²) in [7, 11) is -2.50. The number of hydrogen-bond acceptors (Lipinski definition) is 8. The van der Waals surface area contributed by atoms with Crippen molar-refractivity contribution in [2.45, 2.75) is 103 Å². The molecule has 11 heteroatoms. The first-order valence-electron chi connectivity index (χ1n) is 15.9. The summed E-state index contributed by atoms with van der Waals surface area (Å²) in [6, 6.07) is 8.48. The zero-order valence-corrected chi connectivity index (χ0v) is 27.2. The number of nitrogens with one attached hydrogen (secondary N) is 2. The molecule has 232 valence electrons. The molecule has 9 nitrogen and oxygen atoms in total. The van der Waals surface area contributed by atoms with E-state index in [-0.39, 0.29) is 24.5 Å². The quantitative estimate of drug-likeness (QED) is 0.247. The molecule has 1 amide bonds. The van der Waals surface area contributed by atoms with Crippen molar-refractivity contribution < 1.29 is 18.8 Å². The highest BCUT2D eigenvalue weighted by Crippen LogP contribution is 2.53. The van der Waals surface area contributed by atoms with Crippen molar-refractivity contribution in [3.8, 4) is 10.4 Å². The molecule has 1 aromatic carbocycles. The molecule has 3 aliphatic rings. The van der Waals surface area contributed by atoms with E-state index in [2.05, 4.69) is 41.8 Å². The van der Waals surface area contributed by atoms with E-state index in [9.17, 15) is 9.36 Å². The van der Waals surface area contributed by atoms with Gasteiger partial charge in [0.2, 0.25) is 0 Å². The van der Waals surface area contributed by atoms with Crippen molar-refractivity contribution in [3.05, 3.63) is 41.2 Å². The largest absolute Gasteiger partial charge is 0.447 e. The number of ether oxygens (including phenoxy) is 2. The number of carbonyl (C=O) groups excluding carboxylic acids is 1. The topological polar surface area (TPSA) is 107 Å². The number of hydrogen-bond donors (Lipinski definition) is 2. The highest BCUT2D eigenvalue weighted by Gasteiger charge is 2.33. The summed E-state index contributed by atoms with van der Waals surface area (Å²) in [5.41, 5.74) is 3.01. The van der Waals surface area contributed by atoms with Crippen molar-refractivity contribution in [3.63, 3.8) is 0 Å². The molecule has 0 radical (unpaired) electrons. The fourth-order valence-electron chi connectivity index (χ4n) is 6.65. The molecule has 0 bridgehead atoms. The molecular weight excluding hydrogens is 581 g/mol. The molecule has 1 atom stereocenters. The van der Waals surface area contributed by atoms with Crippen LogP contribution in [0.3, 0.4) is 0 Å². The summed E-state index contributed by atoms with van der Waals surface area (Å²) in [4.78, 5) is 18.0. The molecule has 6 rings (SSSR count). The fourth-order valence-corrected chi connectivity index (χ4v) is 11.0. The van der Waals surface area contributed by atoms with Gasteiger partial charge in [-0.05, 0) is 90.7 Å². The predicted octanol–water partition coefficient (Wildman–Crippen LogP) is 7.70. The Labute approximate surface area is 258 Å². The van der Waals surface area contributed by atoms with Crippen molar-refractivity contribution in [2.75, 3.05) is 24.2 Å². The van der Waals surface area contributed by atoms with Gasteiger partial charge in [-0.15, -0.1) is 11.3 Å². The number of benzene rings is 1. The molecule has 43 heavy (non-hydrogen) atoms. The number of aryl methyl sites for hydroxylation is 1. The van der Waals surface area contributed by atoms with Crippen LogP contribution in [0.1, 0.15) is 94.5 Å². The summed E-state index contributed by atoms with van der Waals surface area (Å²) in [6.45, 7) is 6.56. The second kappa shape index (κ2) is 13.1. The van der Waals surface area contributed by atoms with E-state index in [4.69, 9.17) is 19.6 Å². The second-order valence-corrected chi connectivity index (χ2v) is 16.8. The number of rotatable bonds is 8. The van der Waals surface area contributed by atoms with E-state index >= 15 is 0 Å². The number of alkyl carbamates (subject to hydrolysis) is 1. The molecule has 2 saturated heterocycles. The molecule has 3 fully saturated rings. The van der Waals surface area contributed by atoms with Gasteiger partial charge in [-0.25, -0.2) is 14.5 Å². The summed E-state index contributed by atoms with van der Waals surface area (Å²) in [5, 5.41) is 13.4. The first-order valence-corrected chi connectivity index (χ1v) is 18.8. The second-order valence-electron chi connectivity index (χ2n) is 12.5. The Morgan fingerprint density at radius 2 is 1.88 bits per heavy atom. The maximum atomic E-state index is 14.3. The van der Waals surface area contributed by atoms with Gasteiger partial charge in [-0.1, -0.05) is 6.07 Å². The Bertz CT molecular complexity index is 1460. The number of aromatic nitrogens is 3. The highest BCUT2D eigenvalue weighted by atomic mass is 32.1. The van der Waals surface area contributed by atoms with Gasteiger partial charge >= 0.3 is 6.09 Å². The molecular formula is C32H44N5O4PS. The summed E-state index contributed by atoms with van der Waals surface area (Å²) >= 11 is 1.72. The zero-order chi connectivity index (χ0) is 30.0. The average Bonchev–Trinajstić information content (AvgIpc) is 3.74. The molecule has 2 aromatic heterocycles. The van der Waals surface area contributed by atoms with Crippen molar-refractivity contribution in [1.29, 1.82) is 0 Å². The molecule has 2 aliphatic heterocycles. The molecule has 3 aromatic rings. The lowest BCUT2D eigenvalue weighted by molar-refractivity contribution is -0.0404. The van der Waals surface area contributed by atoms with E-state index in [0.717, 1.165) is 115 Å². The van der Waals surface area contributed by atoms with Crippen LogP contribution in [0.2, 0.25) is 0 Å². The minimum atomic E-state index is -2.50. The Morgan fingerprint density at radius 3 is 2.60 bits per heavy atom. The van der Waals surface area contributed by atoms with Crippen LogP contribution in [0.5, 0.6) is 0 Å². The summed E-state index contributed by atoms with van der Waals surface area (Å²) in [5.74, 6) is 1.15. The first kappa shape index (κ1) is 30.4. The Hall–Kier alpha value is -2.68. The third-order valence-corrected chi connectivity index (χ3v) is 13.4. The number of thiazole rings is 1. The van der Waals surface area contributed by atoms with Gasteiger partial charge < -0.3 is 24.7 Å². The van der Waals surface area contributed by atoms with E-state index < -0.39 is 7.14 Å². The zero-order valence-electron chi connectivity index (χ0n) is 25.5. The van der Waals surface area contributed by atoms with E-state index in [1.54, 1.807) is 11.3 Å². The van der Waals surface area contributed by atoms with E-state index in [1.807, 2.05) is 24.7 Å². The molecule has 1 unspecified atom stereocenters. The van der Waals surface area contributed by atoms with Crippen molar-refractivity contribution in [2.24, 2.45) is 0 Å². The molecule has 1 aliphatic carbocycles. The third kappa shape index (κ3) is 7.02. The van der Waals surface area contributed by atoms with Crippen LogP contribution < -0.4 is 15.9 Å². The fraction of sp³-hybridized carbons (Fsp3) is 0.594. The number of anilines is 2. The average molecular weight is 626 g/mol. The molecule has 0 spiro atoms. The lowest BCUT2D eigenvalue weighted by Crippen LogP contribution is -2.38. The molecule has 4 heterocycles. The summed E-state index contributed by atoms with van der Waals surface area (Å²) in [6.07, 6.45) is 12.1. The smallest absolute Gasteiger partial charge is 0.407 e. The number of amides is 1. The standard InChI is InChI=1S/C32H44N5O4PS/c1-21(2)41-32(38)35-24-11-9-23(10-12-24)31-33-20-28(43-31)26-14-13-25(19-27(26)42(39)16-6-7-17-42)34-29-18-22(3)37(36-29)30-8-4-5-15-40-30/h13-14,18-21,23-24,30H,4-12,15-17H2,1-3H3,(H,34,36)(H,35,38). The Kier molecular flexibility index (Phi) is 9.27. The van der Waals surface area contributed by atoms with E-state index in [0.29, 0.717) is 5.92 Å². The van der Waals surface area contributed by atoms with Crippen LogP contribution in [0.15, 0.2) is 30.5 Å². The monoisotopic (exact) mass is 625 g/mol. The number of carbonyl (C=O) groups is 1. The van der Waals surface area contributed by atoms with Gasteiger partial charge in [0.1, 0.15) is 7.14 Å². The van der Waals surface area contributed by atoms with Crippen LogP contribution in [-0.4, -0.2) is 51.9 Å². The first-order chi connectivity index (χ1) is 20.8. The van der Waals surface area contributed by atoms with Gasteiger partial charge in [0.05, 0.1) is 16.0 Å². The SMILES string of the molecule is Cc1cc(Nc2ccc(-c3cnc(C4CCC(NC(=O)OC(C)C)CC4)s3)c(P3(=O)CCCC3)c2)nn1C1CCCCO1. The third-order valence-electron chi connectivity index (χ3n) is 8.88. The Balaban J connectivity index is 1.19. The normalized spacial score (nSPS) is 23.8. The maximum absolute atomic E-state index is 14.3. The van der Waals surface area contributed by atoms with Gasteiger partial charge in [0, 0.05) is 65.4 Å². The maximum Gasteiger partial charge on any atom is 0.407 e. The van der Waals surface area contributed by atoms with Crippen LogP contribution in [0.25, 0.3) is 10.4 Å². The van der Waals surface area contributed by atoms with Gasteiger partial charge in [-0.3, -0.25) is 0 Å².